The third kappa shape index (κ3) is 5.94. The van der Waals surface area contributed by atoms with Crippen LogP contribution < -0.4 is 11.1 Å². The molecule has 0 aliphatic carbocycles. The zero-order valence-corrected chi connectivity index (χ0v) is 12.5. The molecule has 0 aromatic heterocycles. The molecule has 0 spiro atoms. The molecule has 0 saturated heterocycles. The minimum absolute atomic E-state index is 0.000335. The van der Waals surface area contributed by atoms with Crippen molar-refractivity contribution >= 4 is 23.4 Å². The number of hydrogen-bond acceptors (Lipinski definition) is 3. The van der Waals surface area contributed by atoms with E-state index in [1.165, 1.54) is 0 Å². The fourth-order valence-corrected chi connectivity index (χ4v) is 1.78. The van der Waals surface area contributed by atoms with Gasteiger partial charge in [-0.05, 0) is 51.8 Å². The molecular weight excluding hydrogens is 264 g/mol. The molecule has 1 rings (SSSR count). The first-order valence-corrected chi connectivity index (χ1v) is 6.59. The molecular formula is C14H21ClN2O2. The van der Waals surface area contributed by atoms with Gasteiger partial charge < -0.3 is 10.5 Å². The van der Waals surface area contributed by atoms with Gasteiger partial charge in [0, 0.05) is 16.8 Å². The molecule has 0 aliphatic heterocycles. The van der Waals surface area contributed by atoms with Crippen molar-refractivity contribution in [2.75, 3.05) is 5.32 Å². The van der Waals surface area contributed by atoms with Gasteiger partial charge in [-0.3, -0.25) is 5.32 Å². The Kier molecular flexibility index (Phi) is 5.20. The molecule has 106 valence electrons. The average Bonchev–Trinajstić information content (AvgIpc) is 2.18. The van der Waals surface area contributed by atoms with E-state index in [1.807, 2.05) is 33.8 Å². The molecule has 0 radical (unpaired) electrons. The maximum absolute atomic E-state index is 11.8. The molecule has 0 saturated carbocycles. The molecule has 4 nitrogen and oxygen atoms in total. The second-order valence-electron chi connectivity index (χ2n) is 5.61. The van der Waals surface area contributed by atoms with Gasteiger partial charge in [0.05, 0.1) is 0 Å². The van der Waals surface area contributed by atoms with E-state index in [-0.39, 0.29) is 6.04 Å². The van der Waals surface area contributed by atoms with Crippen LogP contribution in [0.5, 0.6) is 0 Å². The van der Waals surface area contributed by atoms with Crippen molar-refractivity contribution in [3.8, 4) is 0 Å². The molecule has 1 atom stereocenters. The number of nitrogens with one attached hydrogen (secondary N) is 1. The van der Waals surface area contributed by atoms with Crippen LogP contribution >= 0.6 is 11.6 Å². The Bertz CT molecular complexity index is 453. The van der Waals surface area contributed by atoms with Crippen molar-refractivity contribution in [2.45, 2.75) is 45.8 Å². The summed E-state index contributed by atoms with van der Waals surface area (Å²) in [6, 6.07) is 5.33. The van der Waals surface area contributed by atoms with Gasteiger partial charge >= 0.3 is 6.09 Å². The zero-order chi connectivity index (χ0) is 14.6. The van der Waals surface area contributed by atoms with Gasteiger partial charge in [-0.25, -0.2) is 4.79 Å². The normalized spacial score (nSPS) is 12.9. The number of halogens is 1. The third-order valence-corrected chi connectivity index (χ3v) is 2.48. The lowest BCUT2D eigenvalue weighted by Gasteiger charge is -2.21. The molecule has 1 aromatic carbocycles. The lowest BCUT2D eigenvalue weighted by Crippen LogP contribution is -2.28. The van der Waals surface area contributed by atoms with Crippen LogP contribution in [0.1, 0.15) is 33.3 Å². The fraction of sp³-hybridized carbons (Fsp3) is 0.500. The van der Waals surface area contributed by atoms with E-state index < -0.39 is 11.7 Å². The first kappa shape index (κ1) is 15.8. The summed E-state index contributed by atoms with van der Waals surface area (Å²) in [6.45, 7) is 7.35. The summed E-state index contributed by atoms with van der Waals surface area (Å²) in [7, 11) is 0. The lowest BCUT2D eigenvalue weighted by molar-refractivity contribution is 0.0636. The highest BCUT2D eigenvalue weighted by molar-refractivity contribution is 6.31. The smallest absolute Gasteiger partial charge is 0.412 e. The van der Waals surface area contributed by atoms with Crippen molar-refractivity contribution in [1.29, 1.82) is 0 Å². The van der Waals surface area contributed by atoms with Crippen LogP contribution in [0.4, 0.5) is 10.5 Å². The molecule has 0 bridgehead atoms. The monoisotopic (exact) mass is 284 g/mol. The number of nitrogens with two attached hydrogens (primary N) is 1. The topological polar surface area (TPSA) is 64.3 Å². The van der Waals surface area contributed by atoms with Crippen LogP contribution in [0.2, 0.25) is 5.02 Å². The number of amides is 1. The predicted octanol–water partition coefficient (Wildman–Crippen LogP) is 3.58. The van der Waals surface area contributed by atoms with Crippen LogP contribution in [0.15, 0.2) is 18.2 Å². The van der Waals surface area contributed by atoms with E-state index in [0.29, 0.717) is 17.1 Å². The van der Waals surface area contributed by atoms with Gasteiger partial charge in [-0.1, -0.05) is 17.7 Å². The number of ether oxygens (including phenoxy) is 1. The van der Waals surface area contributed by atoms with Crippen LogP contribution in [-0.2, 0) is 11.2 Å². The molecule has 3 N–H and O–H groups in total. The standard InChI is InChI=1S/C14H21ClN2O2/c1-9(16)7-10-5-6-11(15)8-12(10)17-13(18)19-14(2,3)4/h5-6,8-9H,7,16H2,1-4H3,(H,17,18)/t9-/m1/s1. The summed E-state index contributed by atoms with van der Waals surface area (Å²) in [5, 5.41) is 3.27. The van der Waals surface area contributed by atoms with Gasteiger partial charge in [0.2, 0.25) is 0 Å². The summed E-state index contributed by atoms with van der Waals surface area (Å²) in [5.41, 5.74) is 6.82. The molecule has 5 heteroatoms. The van der Waals surface area contributed by atoms with Crippen molar-refractivity contribution < 1.29 is 9.53 Å². The third-order valence-electron chi connectivity index (χ3n) is 2.25. The van der Waals surface area contributed by atoms with Crippen molar-refractivity contribution in [3.63, 3.8) is 0 Å². The summed E-state index contributed by atoms with van der Waals surface area (Å²) in [5.74, 6) is 0. The first-order chi connectivity index (χ1) is 8.67. The average molecular weight is 285 g/mol. The molecule has 0 fully saturated rings. The summed E-state index contributed by atoms with van der Waals surface area (Å²) in [6.07, 6.45) is 0.156. The SMILES string of the molecule is C[C@@H](N)Cc1ccc(Cl)cc1NC(=O)OC(C)(C)C. The van der Waals surface area contributed by atoms with Crippen molar-refractivity contribution in [3.05, 3.63) is 28.8 Å². The van der Waals surface area contributed by atoms with E-state index in [9.17, 15) is 4.79 Å². The largest absolute Gasteiger partial charge is 0.444 e. The summed E-state index contributed by atoms with van der Waals surface area (Å²) >= 11 is 5.95. The molecule has 1 amide bonds. The zero-order valence-electron chi connectivity index (χ0n) is 11.8. The van der Waals surface area contributed by atoms with Gasteiger partial charge in [0.25, 0.3) is 0 Å². The summed E-state index contributed by atoms with van der Waals surface area (Å²) in [4.78, 5) is 11.8. The van der Waals surface area contributed by atoms with Crippen LogP contribution in [0, 0.1) is 0 Å². The molecule has 0 aliphatic rings. The molecule has 19 heavy (non-hydrogen) atoms. The highest BCUT2D eigenvalue weighted by atomic mass is 35.5. The van der Waals surface area contributed by atoms with Gasteiger partial charge in [-0.15, -0.1) is 0 Å². The minimum Gasteiger partial charge on any atom is -0.444 e. The van der Waals surface area contributed by atoms with Gasteiger partial charge in [-0.2, -0.15) is 0 Å². The Labute approximate surface area is 119 Å². The lowest BCUT2D eigenvalue weighted by atomic mass is 10.1. The van der Waals surface area contributed by atoms with Crippen molar-refractivity contribution in [1.82, 2.24) is 0 Å². The first-order valence-electron chi connectivity index (χ1n) is 6.21. The van der Waals surface area contributed by atoms with Crippen molar-refractivity contribution in [2.24, 2.45) is 5.73 Å². The second kappa shape index (κ2) is 6.26. The number of hydrogen-bond donors (Lipinski definition) is 2. The molecule has 0 heterocycles. The van der Waals surface area contributed by atoms with Gasteiger partial charge in [0.1, 0.15) is 5.60 Å². The molecule has 0 unspecified atom stereocenters. The second-order valence-corrected chi connectivity index (χ2v) is 6.05. The van der Waals surface area contributed by atoms with Gasteiger partial charge in [0.15, 0.2) is 0 Å². The van der Waals surface area contributed by atoms with Crippen LogP contribution in [0.3, 0.4) is 0 Å². The highest BCUT2D eigenvalue weighted by Gasteiger charge is 2.17. The van der Waals surface area contributed by atoms with E-state index in [1.54, 1.807) is 12.1 Å². The Morgan fingerprint density at radius 2 is 2.11 bits per heavy atom. The Morgan fingerprint density at radius 1 is 1.47 bits per heavy atom. The number of carbonyl (C=O) groups is 1. The number of rotatable bonds is 3. The Hall–Kier alpha value is -1.26. The minimum atomic E-state index is -0.538. The summed E-state index contributed by atoms with van der Waals surface area (Å²) < 4.78 is 5.22. The molecule has 1 aromatic rings. The van der Waals surface area contributed by atoms with E-state index >= 15 is 0 Å². The Morgan fingerprint density at radius 3 is 2.63 bits per heavy atom. The maximum Gasteiger partial charge on any atom is 0.412 e. The van der Waals surface area contributed by atoms with Crippen LogP contribution in [0.25, 0.3) is 0 Å². The quantitative estimate of drug-likeness (QED) is 0.892. The maximum atomic E-state index is 11.8. The number of anilines is 1. The van der Waals surface area contributed by atoms with E-state index in [0.717, 1.165) is 5.56 Å². The van der Waals surface area contributed by atoms with Crippen LogP contribution in [-0.4, -0.2) is 17.7 Å². The highest BCUT2D eigenvalue weighted by Crippen LogP contribution is 2.23. The van der Waals surface area contributed by atoms with E-state index in [2.05, 4.69) is 5.32 Å². The Balaban J connectivity index is 2.86. The fourth-order valence-electron chi connectivity index (χ4n) is 1.60. The predicted molar refractivity (Wildman–Crippen MR) is 78.7 cm³/mol. The number of benzene rings is 1. The number of carbonyl (C=O) groups excluding carboxylic acids is 1. The van der Waals surface area contributed by atoms with E-state index in [4.69, 9.17) is 22.1 Å².